The Labute approximate surface area is 117 Å². The van der Waals surface area contributed by atoms with E-state index in [1.54, 1.807) is 0 Å². The zero-order valence-corrected chi connectivity index (χ0v) is 11.7. The molecule has 19 heavy (non-hydrogen) atoms. The van der Waals surface area contributed by atoms with Crippen LogP contribution in [0.4, 0.5) is 4.39 Å². The summed E-state index contributed by atoms with van der Waals surface area (Å²) in [5, 5.41) is 10.7. The Morgan fingerprint density at radius 1 is 1.58 bits per heavy atom. The predicted octanol–water partition coefficient (Wildman–Crippen LogP) is 2.10. The second kappa shape index (κ2) is 6.66. The molecule has 1 aromatic carbocycles. The minimum absolute atomic E-state index is 0.243. The molecule has 0 radical (unpaired) electrons. The highest BCUT2D eigenvalue weighted by atomic mass is 35.5. The van der Waals surface area contributed by atoms with Crippen LogP contribution >= 0.6 is 11.6 Å². The summed E-state index contributed by atoms with van der Waals surface area (Å²) in [5.41, 5.74) is 0.617. The highest BCUT2D eigenvalue weighted by molar-refractivity contribution is 6.31. The summed E-state index contributed by atoms with van der Waals surface area (Å²) < 4.78 is 18.8. The molecule has 1 aliphatic rings. The molecule has 0 aliphatic carbocycles. The zero-order valence-electron chi connectivity index (χ0n) is 11.0. The summed E-state index contributed by atoms with van der Waals surface area (Å²) in [7, 11) is 0. The molecule has 1 fully saturated rings. The van der Waals surface area contributed by atoms with Gasteiger partial charge in [-0.3, -0.25) is 4.90 Å². The van der Waals surface area contributed by atoms with Crippen molar-refractivity contribution in [2.75, 3.05) is 26.2 Å². The number of morpholine rings is 1. The first-order chi connectivity index (χ1) is 9.10. The third-order valence-corrected chi connectivity index (χ3v) is 3.86. The Morgan fingerprint density at radius 2 is 2.37 bits per heavy atom. The Balaban J connectivity index is 2.00. The Morgan fingerprint density at radius 3 is 3.11 bits per heavy atom. The third-order valence-electron chi connectivity index (χ3n) is 3.49. The van der Waals surface area contributed by atoms with Crippen molar-refractivity contribution in [1.29, 1.82) is 0 Å². The largest absolute Gasteiger partial charge is 0.390 e. The van der Waals surface area contributed by atoms with Gasteiger partial charge in [-0.1, -0.05) is 18.5 Å². The van der Waals surface area contributed by atoms with E-state index in [0.717, 1.165) is 13.1 Å². The summed E-state index contributed by atoms with van der Waals surface area (Å²) in [5.74, 6) is -0.341. The summed E-state index contributed by atoms with van der Waals surface area (Å²) in [6.45, 7) is 5.23. The first kappa shape index (κ1) is 14.7. The van der Waals surface area contributed by atoms with Crippen LogP contribution in [0.3, 0.4) is 0 Å². The zero-order chi connectivity index (χ0) is 13.8. The summed E-state index contributed by atoms with van der Waals surface area (Å²) in [6.07, 6.45) is -0.611. The number of nitrogens with zero attached hydrogens (tertiary/aromatic N) is 1. The number of benzene rings is 1. The number of likely N-dealkylation sites (N-methyl/N-ethyl adjacent to an activating group) is 1. The van der Waals surface area contributed by atoms with Gasteiger partial charge in [-0.2, -0.15) is 0 Å². The van der Waals surface area contributed by atoms with Crippen molar-refractivity contribution in [3.05, 3.63) is 34.6 Å². The van der Waals surface area contributed by atoms with Crippen LogP contribution in [0.25, 0.3) is 0 Å². The van der Waals surface area contributed by atoms with E-state index in [-0.39, 0.29) is 11.9 Å². The minimum atomic E-state index is -0.673. The average Bonchev–Trinajstić information content (AvgIpc) is 2.43. The van der Waals surface area contributed by atoms with Crippen LogP contribution < -0.4 is 0 Å². The van der Waals surface area contributed by atoms with Crippen molar-refractivity contribution >= 4 is 11.6 Å². The van der Waals surface area contributed by atoms with E-state index in [0.29, 0.717) is 30.2 Å². The van der Waals surface area contributed by atoms with Crippen LogP contribution in [-0.4, -0.2) is 48.5 Å². The highest BCUT2D eigenvalue weighted by Gasteiger charge is 2.26. The molecule has 3 nitrogen and oxygen atoms in total. The van der Waals surface area contributed by atoms with E-state index in [9.17, 15) is 9.50 Å². The maximum Gasteiger partial charge on any atom is 0.123 e. The predicted molar refractivity (Wildman–Crippen MR) is 73.0 cm³/mol. The molecule has 5 heteroatoms. The van der Waals surface area contributed by atoms with Gasteiger partial charge in [0, 0.05) is 24.5 Å². The Bertz CT molecular complexity index is 430. The lowest BCUT2D eigenvalue weighted by Crippen LogP contribution is -2.48. The van der Waals surface area contributed by atoms with E-state index < -0.39 is 6.10 Å². The van der Waals surface area contributed by atoms with Gasteiger partial charge in [-0.15, -0.1) is 0 Å². The molecule has 1 aromatic rings. The van der Waals surface area contributed by atoms with Gasteiger partial charge in [0.05, 0.1) is 18.8 Å². The molecule has 1 aliphatic heterocycles. The molecule has 0 spiro atoms. The van der Waals surface area contributed by atoms with Gasteiger partial charge in [0.1, 0.15) is 5.82 Å². The fraction of sp³-hybridized carbons (Fsp3) is 0.571. The van der Waals surface area contributed by atoms with E-state index in [1.807, 2.05) is 0 Å². The molecule has 0 aromatic heterocycles. The quantitative estimate of drug-likeness (QED) is 0.921. The number of aliphatic hydroxyl groups excluding tert-OH is 1. The second-order valence-corrected chi connectivity index (χ2v) is 5.22. The second-order valence-electron chi connectivity index (χ2n) is 4.81. The van der Waals surface area contributed by atoms with Gasteiger partial charge in [0.15, 0.2) is 0 Å². The molecule has 1 N–H and O–H groups in total. The SMILES string of the molecule is CCN1CCOC(C(O)Cc2cc(F)ccc2Cl)C1. The van der Waals surface area contributed by atoms with Crippen molar-refractivity contribution in [1.82, 2.24) is 4.90 Å². The van der Waals surface area contributed by atoms with Gasteiger partial charge >= 0.3 is 0 Å². The maximum atomic E-state index is 13.2. The van der Waals surface area contributed by atoms with Crippen molar-refractivity contribution < 1.29 is 14.2 Å². The molecule has 106 valence electrons. The van der Waals surface area contributed by atoms with Gasteiger partial charge in [-0.05, 0) is 30.3 Å². The van der Waals surface area contributed by atoms with Gasteiger partial charge in [0.25, 0.3) is 0 Å². The standard InChI is InChI=1S/C14H19ClFNO2/c1-2-17-5-6-19-14(9-17)13(18)8-10-7-11(16)3-4-12(10)15/h3-4,7,13-14,18H,2,5-6,8-9H2,1H3. The molecule has 0 bridgehead atoms. The van der Waals surface area contributed by atoms with Crippen LogP contribution in [0.5, 0.6) is 0 Å². The molecular formula is C14H19ClFNO2. The lowest BCUT2D eigenvalue weighted by Gasteiger charge is -2.34. The molecular weight excluding hydrogens is 269 g/mol. The van der Waals surface area contributed by atoms with E-state index in [2.05, 4.69) is 11.8 Å². The number of hydrogen-bond acceptors (Lipinski definition) is 3. The monoisotopic (exact) mass is 287 g/mol. The normalized spacial score (nSPS) is 22.4. The fourth-order valence-corrected chi connectivity index (χ4v) is 2.50. The first-order valence-corrected chi connectivity index (χ1v) is 6.94. The lowest BCUT2D eigenvalue weighted by molar-refractivity contribution is -0.0867. The van der Waals surface area contributed by atoms with Crippen LogP contribution in [0.1, 0.15) is 12.5 Å². The number of aliphatic hydroxyl groups is 1. The molecule has 2 unspecified atom stereocenters. The molecule has 1 heterocycles. The molecule has 0 saturated carbocycles. The molecule has 2 rings (SSSR count). The highest BCUT2D eigenvalue weighted by Crippen LogP contribution is 2.21. The first-order valence-electron chi connectivity index (χ1n) is 6.56. The third kappa shape index (κ3) is 3.89. The summed E-state index contributed by atoms with van der Waals surface area (Å²) >= 11 is 6.01. The average molecular weight is 288 g/mol. The Kier molecular flexibility index (Phi) is 5.16. The van der Waals surface area contributed by atoms with E-state index in [1.165, 1.54) is 18.2 Å². The number of halogens is 2. The van der Waals surface area contributed by atoms with Crippen molar-refractivity contribution in [3.8, 4) is 0 Å². The van der Waals surface area contributed by atoms with E-state index >= 15 is 0 Å². The number of rotatable bonds is 4. The van der Waals surface area contributed by atoms with Gasteiger partial charge in [-0.25, -0.2) is 4.39 Å². The molecule has 0 amide bonds. The summed E-state index contributed by atoms with van der Waals surface area (Å²) in [6, 6.07) is 4.19. The van der Waals surface area contributed by atoms with Crippen LogP contribution in [-0.2, 0) is 11.2 Å². The van der Waals surface area contributed by atoms with Crippen LogP contribution in [0.15, 0.2) is 18.2 Å². The van der Waals surface area contributed by atoms with Crippen molar-refractivity contribution in [3.63, 3.8) is 0 Å². The maximum absolute atomic E-state index is 13.2. The Hall–Kier alpha value is -0.680. The number of ether oxygens (including phenoxy) is 1. The van der Waals surface area contributed by atoms with Crippen molar-refractivity contribution in [2.45, 2.75) is 25.6 Å². The topological polar surface area (TPSA) is 32.7 Å². The van der Waals surface area contributed by atoms with Crippen molar-refractivity contribution in [2.24, 2.45) is 0 Å². The van der Waals surface area contributed by atoms with Crippen LogP contribution in [0, 0.1) is 5.82 Å². The minimum Gasteiger partial charge on any atom is -0.390 e. The van der Waals surface area contributed by atoms with Gasteiger partial charge < -0.3 is 9.84 Å². The smallest absolute Gasteiger partial charge is 0.123 e. The lowest BCUT2D eigenvalue weighted by atomic mass is 10.0. The van der Waals surface area contributed by atoms with Gasteiger partial charge in [0.2, 0.25) is 0 Å². The summed E-state index contributed by atoms with van der Waals surface area (Å²) in [4.78, 5) is 2.23. The fourth-order valence-electron chi connectivity index (χ4n) is 2.31. The molecule has 1 saturated heterocycles. The molecule has 2 atom stereocenters. The van der Waals surface area contributed by atoms with Crippen LogP contribution in [0.2, 0.25) is 5.02 Å². The van der Waals surface area contributed by atoms with E-state index in [4.69, 9.17) is 16.3 Å². The number of hydrogen-bond donors (Lipinski definition) is 1.